The van der Waals surface area contributed by atoms with E-state index in [-0.39, 0.29) is 12.2 Å². The van der Waals surface area contributed by atoms with Gasteiger partial charge < -0.3 is 14.6 Å². The van der Waals surface area contributed by atoms with Gasteiger partial charge in [-0.05, 0) is 25.8 Å². The number of rotatable bonds is 6. The lowest BCUT2D eigenvalue weighted by Gasteiger charge is -2.36. The van der Waals surface area contributed by atoms with Crippen molar-refractivity contribution in [3.63, 3.8) is 0 Å². The van der Waals surface area contributed by atoms with E-state index in [1.807, 2.05) is 0 Å². The minimum atomic E-state index is -0.958. The first-order valence-corrected chi connectivity index (χ1v) is 6.29. The average molecular weight is 253 g/mol. The first-order valence-electron chi connectivity index (χ1n) is 6.29. The molecule has 100 valence electrons. The Morgan fingerprint density at radius 1 is 1.56 bits per heavy atom. The maximum atomic E-state index is 10.9. The van der Waals surface area contributed by atoms with Gasteiger partial charge in [0, 0.05) is 12.6 Å². The minimum Gasteiger partial charge on any atom is -0.478 e. The van der Waals surface area contributed by atoms with Crippen molar-refractivity contribution in [1.29, 1.82) is 0 Å². The van der Waals surface area contributed by atoms with E-state index in [9.17, 15) is 4.79 Å². The molecule has 0 aromatic carbocycles. The lowest BCUT2D eigenvalue weighted by molar-refractivity contribution is 0.0695. The average Bonchev–Trinajstić information content (AvgIpc) is 2.57. The molecule has 2 N–H and O–H groups in total. The van der Waals surface area contributed by atoms with E-state index in [4.69, 9.17) is 14.6 Å². The van der Waals surface area contributed by atoms with Crippen LogP contribution in [0.3, 0.4) is 0 Å². The molecule has 1 aromatic heterocycles. The summed E-state index contributed by atoms with van der Waals surface area (Å²) in [5, 5.41) is 18.0. The van der Waals surface area contributed by atoms with Crippen LogP contribution in [0.4, 0.5) is 0 Å². The molecule has 1 aliphatic carbocycles. The quantitative estimate of drug-likeness (QED) is 0.806. The van der Waals surface area contributed by atoms with Crippen LogP contribution in [-0.2, 0) is 6.54 Å². The summed E-state index contributed by atoms with van der Waals surface area (Å²) in [4.78, 5) is 13.1. The normalized spacial score (nSPS) is 15.9. The van der Waals surface area contributed by atoms with Gasteiger partial charge in [-0.3, -0.25) is 4.90 Å². The zero-order chi connectivity index (χ0) is 13.1. The van der Waals surface area contributed by atoms with E-state index >= 15 is 0 Å². The SMILES string of the molecule is Cc1oc(CN(CCO)C2CCC2)cc1C(=O)O. The monoisotopic (exact) mass is 253 g/mol. The van der Waals surface area contributed by atoms with Crippen molar-refractivity contribution < 1.29 is 19.4 Å². The summed E-state index contributed by atoms with van der Waals surface area (Å²) in [5.74, 6) is 0.139. The number of carboxylic acid groups (broad SMARTS) is 1. The summed E-state index contributed by atoms with van der Waals surface area (Å²) in [6, 6.07) is 2.08. The van der Waals surface area contributed by atoms with Crippen molar-refractivity contribution in [3.05, 3.63) is 23.2 Å². The third kappa shape index (κ3) is 2.73. The minimum absolute atomic E-state index is 0.113. The highest BCUT2D eigenvalue weighted by Gasteiger charge is 2.26. The number of aromatic carboxylic acids is 1. The molecule has 0 radical (unpaired) electrons. The molecule has 0 amide bonds. The van der Waals surface area contributed by atoms with Gasteiger partial charge in [0.15, 0.2) is 0 Å². The van der Waals surface area contributed by atoms with E-state index < -0.39 is 5.97 Å². The van der Waals surface area contributed by atoms with E-state index in [2.05, 4.69) is 4.90 Å². The highest BCUT2D eigenvalue weighted by Crippen LogP contribution is 2.27. The van der Waals surface area contributed by atoms with Crippen molar-refractivity contribution >= 4 is 5.97 Å². The van der Waals surface area contributed by atoms with Gasteiger partial charge >= 0.3 is 5.97 Å². The molecular weight excluding hydrogens is 234 g/mol. The summed E-state index contributed by atoms with van der Waals surface area (Å²) in [5.41, 5.74) is 0.225. The number of furan rings is 1. The van der Waals surface area contributed by atoms with Crippen molar-refractivity contribution in [1.82, 2.24) is 4.90 Å². The molecule has 18 heavy (non-hydrogen) atoms. The van der Waals surface area contributed by atoms with Crippen LogP contribution >= 0.6 is 0 Å². The molecule has 1 saturated carbocycles. The number of aliphatic hydroxyl groups is 1. The van der Waals surface area contributed by atoms with Crippen LogP contribution in [0.25, 0.3) is 0 Å². The van der Waals surface area contributed by atoms with Gasteiger partial charge in [0.25, 0.3) is 0 Å². The van der Waals surface area contributed by atoms with Crippen LogP contribution in [0, 0.1) is 6.92 Å². The molecule has 1 aromatic rings. The first kappa shape index (κ1) is 13.1. The number of hydrogen-bond acceptors (Lipinski definition) is 4. The highest BCUT2D eigenvalue weighted by molar-refractivity contribution is 5.88. The molecule has 2 rings (SSSR count). The van der Waals surface area contributed by atoms with Gasteiger partial charge in [0.1, 0.15) is 17.1 Å². The molecule has 0 atom stereocenters. The predicted molar refractivity (Wildman–Crippen MR) is 65.5 cm³/mol. The van der Waals surface area contributed by atoms with Crippen molar-refractivity contribution in [2.45, 2.75) is 38.8 Å². The van der Waals surface area contributed by atoms with Crippen LogP contribution in [0.5, 0.6) is 0 Å². The van der Waals surface area contributed by atoms with Crippen LogP contribution in [0.1, 0.15) is 41.1 Å². The molecule has 1 heterocycles. The van der Waals surface area contributed by atoms with E-state index in [0.717, 1.165) is 12.8 Å². The number of aliphatic hydroxyl groups excluding tert-OH is 1. The topological polar surface area (TPSA) is 73.9 Å². The molecule has 0 spiro atoms. The molecule has 1 aliphatic rings. The fraction of sp³-hybridized carbons (Fsp3) is 0.615. The second kappa shape index (κ2) is 5.54. The van der Waals surface area contributed by atoms with Gasteiger partial charge in [-0.15, -0.1) is 0 Å². The van der Waals surface area contributed by atoms with Crippen LogP contribution in [0.15, 0.2) is 10.5 Å². The number of nitrogens with zero attached hydrogens (tertiary/aromatic N) is 1. The Kier molecular flexibility index (Phi) is 4.04. The number of carbonyl (C=O) groups is 1. The van der Waals surface area contributed by atoms with Gasteiger partial charge in [0.2, 0.25) is 0 Å². The Morgan fingerprint density at radius 2 is 2.28 bits per heavy atom. The molecule has 0 saturated heterocycles. The third-order valence-corrected chi connectivity index (χ3v) is 3.54. The van der Waals surface area contributed by atoms with Gasteiger partial charge in [-0.2, -0.15) is 0 Å². The smallest absolute Gasteiger partial charge is 0.339 e. The lowest BCUT2D eigenvalue weighted by atomic mass is 9.91. The Balaban J connectivity index is 2.06. The molecular formula is C13H19NO4. The summed E-state index contributed by atoms with van der Waals surface area (Å²) in [6.45, 7) is 2.95. The van der Waals surface area contributed by atoms with Gasteiger partial charge in [-0.25, -0.2) is 4.79 Å². The summed E-state index contributed by atoms with van der Waals surface area (Å²) in [6.07, 6.45) is 3.51. The van der Waals surface area contributed by atoms with Gasteiger partial charge in [-0.1, -0.05) is 6.42 Å². The van der Waals surface area contributed by atoms with E-state index in [0.29, 0.717) is 30.7 Å². The molecule has 1 fully saturated rings. The Labute approximate surface area is 106 Å². The second-order valence-corrected chi connectivity index (χ2v) is 4.77. The third-order valence-electron chi connectivity index (χ3n) is 3.54. The first-order chi connectivity index (χ1) is 8.61. The summed E-state index contributed by atoms with van der Waals surface area (Å²) in [7, 11) is 0. The maximum Gasteiger partial charge on any atom is 0.339 e. The van der Waals surface area contributed by atoms with Crippen molar-refractivity contribution in [2.75, 3.05) is 13.2 Å². The zero-order valence-electron chi connectivity index (χ0n) is 10.6. The molecule has 0 aliphatic heterocycles. The zero-order valence-corrected chi connectivity index (χ0v) is 10.6. The van der Waals surface area contributed by atoms with Crippen LogP contribution < -0.4 is 0 Å². The lowest BCUT2D eigenvalue weighted by Crippen LogP contribution is -2.41. The second-order valence-electron chi connectivity index (χ2n) is 4.77. The molecule has 0 bridgehead atoms. The predicted octanol–water partition coefficient (Wildman–Crippen LogP) is 1.63. The standard InChI is InChI=1S/C13H19NO4/c1-9-12(13(16)17)7-11(18-9)8-14(5-6-15)10-3-2-4-10/h7,10,15H,2-6,8H2,1H3,(H,16,17). The summed E-state index contributed by atoms with van der Waals surface area (Å²) < 4.78 is 5.47. The number of hydrogen-bond donors (Lipinski definition) is 2. The van der Waals surface area contributed by atoms with Gasteiger partial charge in [0.05, 0.1) is 13.2 Å². The largest absolute Gasteiger partial charge is 0.478 e. The molecule has 5 nitrogen and oxygen atoms in total. The highest BCUT2D eigenvalue weighted by atomic mass is 16.4. The molecule has 5 heteroatoms. The van der Waals surface area contributed by atoms with E-state index in [1.165, 1.54) is 6.42 Å². The maximum absolute atomic E-state index is 10.9. The van der Waals surface area contributed by atoms with Crippen molar-refractivity contribution in [3.8, 4) is 0 Å². The Bertz CT molecular complexity index is 423. The fourth-order valence-electron chi connectivity index (χ4n) is 2.31. The summed E-state index contributed by atoms with van der Waals surface area (Å²) >= 11 is 0. The Hall–Kier alpha value is -1.33. The number of carboxylic acids is 1. The van der Waals surface area contributed by atoms with Crippen LogP contribution in [0.2, 0.25) is 0 Å². The fourth-order valence-corrected chi connectivity index (χ4v) is 2.31. The van der Waals surface area contributed by atoms with Crippen molar-refractivity contribution in [2.24, 2.45) is 0 Å². The molecule has 0 unspecified atom stereocenters. The Morgan fingerprint density at radius 3 is 2.72 bits per heavy atom. The van der Waals surface area contributed by atoms with E-state index in [1.54, 1.807) is 13.0 Å². The van der Waals surface area contributed by atoms with Crippen LogP contribution in [-0.4, -0.2) is 40.3 Å². The number of aryl methyl sites for hydroxylation is 1.